The van der Waals surface area contributed by atoms with Crippen LogP contribution in [0.25, 0.3) is 11.1 Å². The SMILES string of the molecule is [CH2]Cc1ccc2c(c1)Cc1ccccc1-2. The maximum atomic E-state index is 3.93. The minimum Gasteiger partial charge on any atom is -0.0619 e. The molecule has 3 rings (SSSR count). The van der Waals surface area contributed by atoms with Crippen molar-refractivity contribution >= 4 is 0 Å². The van der Waals surface area contributed by atoms with E-state index in [4.69, 9.17) is 0 Å². The topological polar surface area (TPSA) is 0 Å². The van der Waals surface area contributed by atoms with E-state index in [0.29, 0.717) is 0 Å². The van der Waals surface area contributed by atoms with Crippen molar-refractivity contribution in [1.82, 2.24) is 0 Å². The average Bonchev–Trinajstić information content (AvgIpc) is 2.66. The molecule has 2 aromatic carbocycles. The zero-order chi connectivity index (χ0) is 10.3. The zero-order valence-electron chi connectivity index (χ0n) is 8.66. The molecule has 0 aromatic heterocycles. The minimum atomic E-state index is 0.879. The standard InChI is InChI=1S/C15H13/c1-2-11-7-8-15-13(9-11)10-12-5-3-4-6-14(12)15/h3-9H,1-2,10H2. The number of hydrogen-bond acceptors (Lipinski definition) is 0. The molecular weight excluding hydrogens is 180 g/mol. The molecule has 0 aliphatic heterocycles. The molecule has 0 unspecified atom stereocenters. The minimum absolute atomic E-state index is 0.879. The van der Waals surface area contributed by atoms with Gasteiger partial charge in [0.1, 0.15) is 0 Å². The Morgan fingerprint density at radius 1 is 0.933 bits per heavy atom. The van der Waals surface area contributed by atoms with Gasteiger partial charge in [-0.25, -0.2) is 0 Å². The molecule has 0 heterocycles. The fourth-order valence-electron chi connectivity index (χ4n) is 2.35. The third-order valence-electron chi connectivity index (χ3n) is 3.15. The van der Waals surface area contributed by atoms with Crippen LogP contribution in [0.15, 0.2) is 42.5 Å². The largest absolute Gasteiger partial charge is 0.0619 e. The summed E-state index contributed by atoms with van der Waals surface area (Å²) < 4.78 is 0. The molecule has 73 valence electrons. The van der Waals surface area contributed by atoms with Crippen LogP contribution in [0.1, 0.15) is 16.7 Å². The predicted molar refractivity (Wildman–Crippen MR) is 63.7 cm³/mol. The highest BCUT2D eigenvalue weighted by molar-refractivity contribution is 5.76. The average molecular weight is 193 g/mol. The third-order valence-corrected chi connectivity index (χ3v) is 3.15. The number of rotatable bonds is 1. The van der Waals surface area contributed by atoms with Gasteiger partial charge in [-0.2, -0.15) is 0 Å². The highest BCUT2D eigenvalue weighted by Gasteiger charge is 2.17. The Balaban J connectivity index is 2.18. The predicted octanol–water partition coefficient (Wildman–Crippen LogP) is 3.63. The van der Waals surface area contributed by atoms with Gasteiger partial charge < -0.3 is 0 Å². The molecule has 1 radical (unpaired) electrons. The summed E-state index contributed by atoms with van der Waals surface area (Å²) >= 11 is 0. The molecule has 0 bridgehead atoms. The molecule has 2 aromatic rings. The lowest BCUT2D eigenvalue weighted by Crippen LogP contribution is -1.84. The van der Waals surface area contributed by atoms with Crippen molar-refractivity contribution in [2.24, 2.45) is 0 Å². The van der Waals surface area contributed by atoms with Crippen molar-refractivity contribution in [3.8, 4) is 11.1 Å². The van der Waals surface area contributed by atoms with E-state index in [0.717, 1.165) is 12.8 Å². The van der Waals surface area contributed by atoms with E-state index < -0.39 is 0 Å². The lowest BCUT2D eigenvalue weighted by atomic mass is 10.0. The summed E-state index contributed by atoms with van der Waals surface area (Å²) in [5.41, 5.74) is 7.05. The molecule has 0 heteroatoms. The zero-order valence-corrected chi connectivity index (χ0v) is 8.66. The van der Waals surface area contributed by atoms with Crippen molar-refractivity contribution in [2.75, 3.05) is 0 Å². The maximum absolute atomic E-state index is 3.93. The van der Waals surface area contributed by atoms with Gasteiger partial charge in [0.25, 0.3) is 0 Å². The van der Waals surface area contributed by atoms with Crippen molar-refractivity contribution in [1.29, 1.82) is 0 Å². The van der Waals surface area contributed by atoms with Gasteiger partial charge in [0.2, 0.25) is 0 Å². The fraction of sp³-hybridized carbons (Fsp3) is 0.133. The lowest BCUT2D eigenvalue weighted by molar-refractivity contribution is 1.21. The maximum Gasteiger partial charge on any atom is -0.00134 e. The van der Waals surface area contributed by atoms with Crippen molar-refractivity contribution in [3.05, 3.63) is 66.1 Å². The van der Waals surface area contributed by atoms with E-state index in [-0.39, 0.29) is 0 Å². The van der Waals surface area contributed by atoms with Gasteiger partial charge in [-0.3, -0.25) is 0 Å². The molecule has 0 saturated heterocycles. The first-order chi connectivity index (χ1) is 7.38. The van der Waals surface area contributed by atoms with Gasteiger partial charge in [-0.05, 0) is 47.6 Å². The first kappa shape index (κ1) is 8.72. The molecule has 15 heavy (non-hydrogen) atoms. The van der Waals surface area contributed by atoms with Crippen LogP contribution in [-0.2, 0) is 12.8 Å². The Bertz CT molecular complexity index is 509. The Morgan fingerprint density at radius 2 is 1.73 bits per heavy atom. The highest BCUT2D eigenvalue weighted by Crippen LogP contribution is 2.36. The second kappa shape index (κ2) is 3.23. The summed E-state index contributed by atoms with van der Waals surface area (Å²) in [5, 5.41) is 0. The van der Waals surface area contributed by atoms with Gasteiger partial charge in [0, 0.05) is 0 Å². The van der Waals surface area contributed by atoms with E-state index in [2.05, 4.69) is 49.4 Å². The van der Waals surface area contributed by atoms with Crippen LogP contribution in [0.3, 0.4) is 0 Å². The van der Waals surface area contributed by atoms with Crippen LogP contribution in [0.4, 0.5) is 0 Å². The first-order valence-electron chi connectivity index (χ1n) is 5.38. The van der Waals surface area contributed by atoms with Crippen LogP contribution in [-0.4, -0.2) is 0 Å². The molecule has 0 amide bonds. The van der Waals surface area contributed by atoms with Crippen LogP contribution in [0.2, 0.25) is 0 Å². The Hall–Kier alpha value is -1.56. The number of benzene rings is 2. The van der Waals surface area contributed by atoms with E-state index in [1.54, 1.807) is 0 Å². The summed E-state index contributed by atoms with van der Waals surface area (Å²) in [7, 11) is 0. The second-order valence-corrected chi connectivity index (χ2v) is 4.08. The summed E-state index contributed by atoms with van der Waals surface area (Å²) in [6.45, 7) is 3.93. The second-order valence-electron chi connectivity index (χ2n) is 4.08. The molecule has 0 saturated carbocycles. The summed E-state index contributed by atoms with van der Waals surface area (Å²) in [5.74, 6) is 0. The Morgan fingerprint density at radius 3 is 2.60 bits per heavy atom. The third kappa shape index (κ3) is 1.29. The quantitative estimate of drug-likeness (QED) is 0.553. The van der Waals surface area contributed by atoms with Crippen LogP contribution < -0.4 is 0 Å². The first-order valence-corrected chi connectivity index (χ1v) is 5.38. The Kier molecular flexibility index (Phi) is 1.88. The summed E-state index contributed by atoms with van der Waals surface area (Å²) in [6.07, 6.45) is 1.96. The molecular formula is C15H13. The lowest BCUT2D eigenvalue weighted by Gasteiger charge is -2.02. The van der Waals surface area contributed by atoms with Gasteiger partial charge in [-0.1, -0.05) is 42.5 Å². The molecule has 1 aliphatic carbocycles. The van der Waals surface area contributed by atoms with Gasteiger partial charge in [-0.15, -0.1) is 0 Å². The van der Waals surface area contributed by atoms with Crippen LogP contribution >= 0.6 is 0 Å². The van der Waals surface area contributed by atoms with Gasteiger partial charge in [0.05, 0.1) is 0 Å². The van der Waals surface area contributed by atoms with Crippen molar-refractivity contribution in [3.63, 3.8) is 0 Å². The molecule has 1 aliphatic rings. The van der Waals surface area contributed by atoms with E-state index >= 15 is 0 Å². The summed E-state index contributed by atoms with van der Waals surface area (Å²) in [6, 6.07) is 15.4. The van der Waals surface area contributed by atoms with Gasteiger partial charge in [0.15, 0.2) is 0 Å². The molecule has 0 nitrogen and oxygen atoms in total. The van der Waals surface area contributed by atoms with Crippen LogP contribution in [0, 0.1) is 6.92 Å². The number of hydrogen-bond donors (Lipinski definition) is 0. The van der Waals surface area contributed by atoms with Crippen LogP contribution in [0.5, 0.6) is 0 Å². The monoisotopic (exact) mass is 193 g/mol. The van der Waals surface area contributed by atoms with E-state index in [9.17, 15) is 0 Å². The number of fused-ring (bicyclic) bond motifs is 3. The van der Waals surface area contributed by atoms with E-state index in [1.807, 2.05) is 0 Å². The molecule has 0 fully saturated rings. The molecule has 0 N–H and O–H groups in total. The summed E-state index contributed by atoms with van der Waals surface area (Å²) in [4.78, 5) is 0. The normalized spacial score (nSPS) is 12.3. The smallest absolute Gasteiger partial charge is 0.00134 e. The van der Waals surface area contributed by atoms with Crippen molar-refractivity contribution in [2.45, 2.75) is 12.8 Å². The van der Waals surface area contributed by atoms with Crippen molar-refractivity contribution < 1.29 is 0 Å². The van der Waals surface area contributed by atoms with E-state index in [1.165, 1.54) is 27.8 Å². The highest BCUT2D eigenvalue weighted by atomic mass is 14.2. The molecule has 0 atom stereocenters. The van der Waals surface area contributed by atoms with Gasteiger partial charge >= 0.3 is 0 Å². The molecule has 0 spiro atoms. The fourth-order valence-corrected chi connectivity index (χ4v) is 2.35. The Labute approximate surface area is 90.6 Å².